The van der Waals surface area contributed by atoms with Crippen molar-refractivity contribution in [2.24, 2.45) is 5.92 Å². The quantitative estimate of drug-likeness (QED) is 0.676. The van der Waals surface area contributed by atoms with Crippen LogP contribution in [0.4, 0.5) is 0 Å². The maximum absolute atomic E-state index is 2.53. The summed E-state index contributed by atoms with van der Waals surface area (Å²) in [6.07, 6.45) is 1.19. The highest BCUT2D eigenvalue weighted by molar-refractivity contribution is 5.39. The van der Waals surface area contributed by atoms with Gasteiger partial charge in [-0.2, -0.15) is 0 Å². The van der Waals surface area contributed by atoms with Crippen LogP contribution in [0.25, 0.3) is 0 Å². The number of rotatable bonds is 3. The Morgan fingerprint density at radius 3 is 2.20 bits per heavy atom. The molecule has 1 nitrogen and oxygen atoms in total. The van der Waals surface area contributed by atoms with Gasteiger partial charge in [-0.1, -0.05) is 20.8 Å². The highest BCUT2D eigenvalue weighted by Gasteiger charge is 2.19. The summed E-state index contributed by atoms with van der Waals surface area (Å²) in [5, 5.41) is 0. The molecule has 15 heavy (non-hydrogen) atoms. The molecule has 0 aromatic rings. The summed E-state index contributed by atoms with van der Waals surface area (Å²) >= 11 is 0. The van der Waals surface area contributed by atoms with Crippen LogP contribution in [0.1, 0.15) is 48.0 Å². The van der Waals surface area contributed by atoms with Gasteiger partial charge in [-0.05, 0) is 49.8 Å². The molecule has 0 fully saturated rings. The molecule has 0 atom stereocenters. The van der Waals surface area contributed by atoms with E-state index < -0.39 is 0 Å². The van der Waals surface area contributed by atoms with Crippen molar-refractivity contribution in [3.63, 3.8) is 0 Å². The zero-order valence-electron chi connectivity index (χ0n) is 11.1. The molecular weight excluding hydrogens is 182 g/mol. The van der Waals surface area contributed by atoms with E-state index in [1.807, 2.05) is 0 Å². The molecule has 1 aliphatic heterocycles. The minimum Gasteiger partial charge on any atom is -0.371 e. The Labute approximate surface area is 94.9 Å². The van der Waals surface area contributed by atoms with Gasteiger partial charge in [-0.3, -0.25) is 0 Å². The summed E-state index contributed by atoms with van der Waals surface area (Å²) in [5.41, 5.74) is 6.09. The summed E-state index contributed by atoms with van der Waals surface area (Å²) < 4.78 is 0. The lowest BCUT2D eigenvalue weighted by atomic mass is 9.94. The predicted molar refractivity (Wildman–Crippen MR) is 67.8 cm³/mol. The highest BCUT2D eigenvalue weighted by Crippen LogP contribution is 2.28. The summed E-state index contributed by atoms with van der Waals surface area (Å²) in [5.74, 6) is 0.740. The predicted octanol–water partition coefficient (Wildman–Crippen LogP) is 3.98. The van der Waals surface area contributed by atoms with Gasteiger partial charge in [-0.15, -0.1) is 0 Å². The van der Waals surface area contributed by atoms with Gasteiger partial charge in [0.1, 0.15) is 0 Å². The van der Waals surface area contributed by atoms with Crippen molar-refractivity contribution in [2.45, 2.75) is 48.0 Å². The molecular formula is C14H25N. The second-order valence-corrected chi connectivity index (χ2v) is 5.07. The molecule has 0 N–H and O–H groups in total. The van der Waals surface area contributed by atoms with Crippen LogP contribution in [-0.4, -0.2) is 18.0 Å². The number of allylic oxidation sites excluding steroid dienone is 3. The molecule has 0 spiro atoms. The third-order valence-electron chi connectivity index (χ3n) is 3.50. The molecule has 1 heterocycles. The van der Waals surface area contributed by atoms with Crippen molar-refractivity contribution < 1.29 is 0 Å². The van der Waals surface area contributed by atoms with Gasteiger partial charge in [-0.25, -0.2) is 0 Å². The first kappa shape index (κ1) is 12.4. The summed E-state index contributed by atoms with van der Waals surface area (Å²) in [6, 6.07) is 0. The van der Waals surface area contributed by atoms with Crippen LogP contribution >= 0.6 is 0 Å². The van der Waals surface area contributed by atoms with Gasteiger partial charge in [0.05, 0.1) is 0 Å². The minimum absolute atomic E-state index is 0.740. The molecule has 1 heteroatoms. The Balaban J connectivity index is 2.92. The van der Waals surface area contributed by atoms with E-state index in [2.05, 4.69) is 46.4 Å². The maximum atomic E-state index is 2.53. The molecule has 0 saturated heterocycles. The fraction of sp³-hybridized carbons (Fsp3) is 0.714. The third-order valence-corrected chi connectivity index (χ3v) is 3.50. The molecule has 0 aromatic heterocycles. The number of hydrogen-bond acceptors (Lipinski definition) is 1. The molecule has 0 aromatic carbocycles. The van der Waals surface area contributed by atoms with Gasteiger partial charge in [0.2, 0.25) is 0 Å². The fourth-order valence-electron chi connectivity index (χ4n) is 2.26. The monoisotopic (exact) mass is 207 g/mol. The van der Waals surface area contributed by atoms with E-state index in [9.17, 15) is 0 Å². The van der Waals surface area contributed by atoms with Gasteiger partial charge in [0.25, 0.3) is 0 Å². The first-order valence-corrected chi connectivity index (χ1v) is 6.08. The second kappa shape index (κ2) is 4.87. The Kier molecular flexibility index (Phi) is 4.01. The van der Waals surface area contributed by atoms with Gasteiger partial charge < -0.3 is 4.90 Å². The van der Waals surface area contributed by atoms with Crippen LogP contribution in [-0.2, 0) is 0 Å². The fourth-order valence-corrected chi connectivity index (χ4v) is 2.26. The van der Waals surface area contributed by atoms with Gasteiger partial charge in [0, 0.05) is 18.8 Å². The summed E-state index contributed by atoms with van der Waals surface area (Å²) in [7, 11) is 0. The molecule has 0 unspecified atom stereocenters. The summed E-state index contributed by atoms with van der Waals surface area (Å²) in [6.45, 7) is 16.0. The van der Waals surface area contributed by atoms with E-state index in [4.69, 9.17) is 0 Å². The average molecular weight is 207 g/mol. The molecule has 0 radical (unpaired) electrons. The first-order chi connectivity index (χ1) is 6.97. The molecule has 86 valence electrons. The Bertz CT molecular complexity index is 294. The van der Waals surface area contributed by atoms with E-state index in [1.165, 1.54) is 29.8 Å². The van der Waals surface area contributed by atoms with Gasteiger partial charge in [0.15, 0.2) is 0 Å². The van der Waals surface area contributed by atoms with Gasteiger partial charge >= 0.3 is 0 Å². The normalized spacial score (nSPS) is 18.2. The van der Waals surface area contributed by atoms with Crippen molar-refractivity contribution in [1.82, 2.24) is 4.90 Å². The Morgan fingerprint density at radius 1 is 1.13 bits per heavy atom. The smallest absolute Gasteiger partial charge is 0.0391 e. The molecule has 0 aliphatic carbocycles. The lowest BCUT2D eigenvalue weighted by molar-refractivity contribution is 0.316. The molecule has 0 bridgehead atoms. The van der Waals surface area contributed by atoms with E-state index in [1.54, 1.807) is 5.57 Å². The van der Waals surface area contributed by atoms with Crippen LogP contribution in [0, 0.1) is 5.92 Å². The number of nitrogens with zero attached hydrogens (tertiary/aromatic N) is 1. The second-order valence-electron chi connectivity index (χ2n) is 5.07. The molecule has 1 aliphatic rings. The average Bonchev–Trinajstić information content (AvgIpc) is 2.18. The van der Waals surface area contributed by atoms with Crippen LogP contribution < -0.4 is 0 Å². The Morgan fingerprint density at radius 2 is 1.73 bits per heavy atom. The van der Waals surface area contributed by atoms with Crippen molar-refractivity contribution in [3.8, 4) is 0 Å². The van der Waals surface area contributed by atoms with Crippen molar-refractivity contribution in [3.05, 3.63) is 22.4 Å². The first-order valence-electron chi connectivity index (χ1n) is 6.08. The van der Waals surface area contributed by atoms with E-state index in [0.29, 0.717) is 0 Å². The zero-order valence-corrected chi connectivity index (χ0v) is 11.1. The largest absolute Gasteiger partial charge is 0.371 e. The molecule has 0 saturated carbocycles. The lowest BCUT2D eigenvalue weighted by Crippen LogP contribution is -2.32. The van der Waals surface area contributed by atoms with Crippen LogP contribution in [0.15, 0.2) is 22.4 Å². The van der Waals surface area contributed by atoms with Crippen molar-refractivity contribution in [1.29, 1.82) is 0 Å². The van der Waals surface area contributed by atoms with E-state index in [-0.39, 0.29) is 0 Å². The molecule has 0 amide bonds. The lowest BCUT2D eigenvalue weighted by Gasteiger charge is -2.34. The zero-order chi connectivity index (χ0) is 11.6. The molecule has 1 rings (SSSR count). The van der Waals surface area contributed by atoms with Crippen LogP contribution in [0.5, 0.6) is 0 Å². The Hall–Kier alpha value is -0.720. The third kappa shape index (κ3) is 2.64. The maximum Gasteiger partial charge on any atom is 0.0391 e. The van der Waals surface area contributed by atoms with E-state index in [0.717, 1.165) is 12.5 Å². The highest BCUT2D eigenvalue weighted by atomic mass is 15.1. The topological polar surface area (TPSA) is 3.24 Å². The summed E-state index contributed by atoms with van der Waals surface area (Å²) in [4.78, 5) is 2.53. The van der Waals surface area contributed by atoms with Crippen LogP contribution in [0.2, 0.25) is 0 Å². The van der Waals surface area contributed by atoms with Crippen LogP contribution in [0.3, 0.4) is 0 Å². The van der Waals surface area contributed by atoms with Crippen molar-refractivity contribution in [2.75, 3.05) is 13.1 Å². The number of hydrogen-bond donors (Lipinski definition) is 0. The SMILES string of the molecule is CCC1=C(C)C(C)=C(C)N(CC(C)C)C1. The minimum atomic E-state index is 0.740. The standard InChI is InChI=1S/C14H25N/c1-7-14-9-15(8-10(2)3)13(6)11(4)12(14)5/h10H,7-9H2,1-6H3. The van der Waals surface area contributed by atoms with E-state index >= 15 is 0 Å². The van der Waals surface area contributed by atoms with Crippen molar-refractivity contribution >= 4 is 0 Å².